The molecule has 0 aliphatic carbocycles. The van der Waals surface area contributed by atoms with Crippen molar-refractivity contribution in [1.82, 2.24) is 0 Å². The van der Waals surface area contributed by atoms with Gasteiger partial charge in [0, 0.05) is 6.07 Å². The van der Waals surface area contributed by atoms with Gasteiger partial charge in [-0.15, -0.1) is 0 Å². The predicted molar refractivity (Wildman–Crippen MR) is 84.8 cm³/mol. The number of nitrogens with one attached hydrogen (secondary N) is 1. The Bertz CT molecular complexity index is 749. The third kappa shape index (κ3) is 4.19. The summed E-state index contributed by atoms with van der Waals surface area (Å²) in [6, 6.07) is 9.10. The summed E-state index contributed by atoms with van der Waals surface area (Å²) < 4.78 is 23.3. The number of amides is 1. The molecule has 0 fully saturated rings. The molecule has 2 aromatic rings. The Kier molecular flexibility index (Phi) is 5.31. The van der Waals surface area contributed by atoms with E-state index in [0.29, 0.717) is 5.75 Å². The topological polar surface area (TPSA) is 90.7 Å². The van der Waals surface area contributed by atoms with Crippen LogP contribution in [-0.4, -0.2) is 24.0 Å². The first-order chi connectivity index (χ1) is 11.4. The van der Waals surface area contributed by atoms with Crippen molar-refractivity contribution in [2.75, 3.05) is 12.4 Å². The number of anilines is 1. The molecule has 8 heteroatoms. The van der Waals surface area contributed by atoms with Crippen molar-refractivity contribution in [2.24, 2.45) is 0 Å². The van der Waals surface area contributed by atoms with Crippen molar-refractivity contribution in [2.45, 2.75) is 13.0 Å². The van der Waals surface area contributed by atoms with Crippen LogP contribution in [0.15, 0.2) is 42.5 Å². The van der Waals surface area contributed by atoms with E-state index in [4.69, 9.17) is 9.47 Å². The van der Waals surface area contributed by atoms with Crippen molar-refractivity contribution in [3.8, 4) is 11.5 Å². The van der Waals surface area contributed by atoms with Gasteiger partial charge in [-0.2, -0.15) is 0 Å². The third-order valence-electron chi connectivity index (χ3n) is 3.15. The Hall–Kier alpha value is -3.16. The van der Waals surface area contributed by atoms with E-state index in [9.17, 15) is 19.3 Å². The number of carbonyl (C=O) groups is 1. The number of methoxy groups -OCH3 is 1. The molecule has 24 heavy (non-hydrogen) atoms. The first-order valence-electron chi connectivity index (χ1n) is 6.96. The molecule has 0 bridgehead atoms. The second kappa shape index (κ2) is 7.40. The van der Waals surface area contributed by atoms with E-state index in [1.54, 1.807) is 0 Å². The molecule has 0 aliphatic rings. The highest BCUT2D eigenvalue weighted by Crippen LogP contribution is 2.29. The van der Waals surface area contributed by atoms with Gasteiger partial charge in [-0.25, -0.2) is 4.39 Å². The van der Waals surface area contributed by atoms with Crippen LogP contribution in [0.25, 0.3) is 0 Å². The molecule has 0 radical (unpaired) electrons. The van der Waals surface area contributed by atoms with E-state index < -0.39 is 22.8 Å². The van der Waals surface area contributed by atoms with Crippen molar-refractivity contribution in [1.29, 1.82) is 0 Å². The van der Waals surface area contributed by atoms with Gasteiger partial charge in [0.05, 0.1) is 23.8 Å². The lowest BCUT2D eigenvalue weighted by molar-refractivity contribution is -0.384. The first-order valence-corrected chi connectivity index (χ1v) is 6.96. The normalized spacial score (nSPS) is 11.5. The fourth-order valence-corrected chi connectivity index (χ4v) is 1.90. The summed E-state index contributed by atoms with van der Waals surface area (Å²) in [7, 11) is 1.34. The Morgan fingerprint density at radius 2 is 1.92 bits per heavy atom. The fraction of sp³-hybridized carbons (Fsp3) is 0.188. The summed E-state index contributed by atoms with van der Waals surface area (Å²) >= 11 is 0. The minimum absolute atomic E-state index is 0.152. The Morgan fingerprint density at radius 1 is 1.25 bits per heavy atom. The number of nitro groups is 1. The number of benzene rings is 2. The molecule has 126 valence electrons. The molecule has 2 rings (SSSR count). The molecule has 0 saturated carbocycles. The maximum Gasteiger partial charge on any atom is 0.273 e. The SMILES string of the molecule is COc1cc([N+](=O)[O-])ccc1NC(=O)[C@H](C)Oc1ccc(F)cc1. The molecule has 7 nitrogen and oxygen atoms in total. The van der Waals surface area contributed by atoms with Gasteiger partial charge in [0.15, 0.2) is 6.10 Å². The van der Waals surface area contributed by atoms with Crippen molar-refractivity contribution >= 4 is 17.3 Å². The number of ether oxygens (including phenoxy) is 2. The maximum atomic E-state index is 12.8. The lowest BCUT2D eigenvalue weighted by atomic mass is 10.2. The Balaban J connectivity index is 2.08. The van der Waals surface area contributed by atoms with Crippen LogP contribution in [0.4, 0.5) is 15.8 Å². The Labute approximate surface area is 137 Å². The number of halogens is 1. The molecule has 0 spiro atoms. The van der Waals surface area contributed by atoms with Crippen LogP contribution >= 0.6 is 0 Å². The van der Waals surface area contributed by atoms with Gasteiger partial charge in [-0.3, -0.25) is 14.9 Å². The average Bonchev–Trinajstić information content (AvgIpc) is 2.56. The summed E-state index contributed by atoms with van der Waals surface area (Å²) in [6.07, 6.45) is -0.865. The van der Waals surface area contributed by atoms with E-state index in [1.807, 2.05) is 0 Å². The summed E-state index contributed by atoms with van der Waals surface area (Å²) in [5.74, 6) is -0.386. The molecule has 1 N–H and O–H groups in total. The molecule has 0 aromatic heterocycles. The summed E-state index contributed by atoms with van der Waals surface area (Å²) in [5, 5.41) is 13.3. The molecular formula is C16H15FN2O5. The number of hydrogen-bond donors (Lipinski definition) is 1. The third-order valence-corrected chi connectivity index (χ3v) is 3.15. The number of carbonyl (C=O) groups excluding carboxylic acids is 1. The highest BCUT2D eigenvalue weighted by atomic mass is 19.1. The monoisotopic (exact) mass is 334 g/mol. The minimum atomic E-state index is -0.865. The number of non-ortho nitro benzene ring substituents is 1. The number of nitrogens with zero attached hydrogens (tertiary/aromatic N) is 1. The van der Waals surface area contributed by atoms with Gasteiger partial charge in [0.1, 0.15) is 17.3 Å². The van der Waals surface area contributed by atoms with Gasteiger partial charge >= 0.3 is 0 Å². The zero-order valence-corrected chi connectivity index (χ0v) is 13.0. The van der Waals surface area contributed by atoms with Gasteiger partial charge < -0.3 is 14.8 Å². The van der Waals surface area contributed by atoms with E-state index in [0.717, 1.165) is 0 Å². The molecule has 0 saturated heterocycles. The van der Waals surface area contributed by atoms with Gasteiger partial charge in [0.2, 0.25) is 0 Å². The smallest absolute Gasteiger partial charge is 0.273 e. The molecule has 1 amide bonds. The van der Waals surface area contributed by atoms with Crippen molar-refractivity contribution < 1.29 is 23.6 Å². The maximum absolute atomic E-state index is 12.8. The van der Waals surface area contributed by atoms with Crippen LogP contribution in [-0.2, 0) is 4.79 Å². The van der Waals surface area contributed by atoms with E-state index >= 15 is 0 Å². The second-order valence-electron chi connectivity index (χ2n) is 4.84. The number of hydrogen-bond acceptors (Lipinski definition) is 5. The highest BCUT2D eigenvalue weighted by molar-refractivity contribution is 5.95. The van der Waals surface area contributed by atoms with Crippen LogP contribution in [0.5, 0.6) is 11.5 Å². The lowest BCUT2D eigenvalue weighted by Crippen LogP contribution is -2.30. The summed E-state index contributed by atoms with van der Waals surface area (Å²) in [4.78, 5) is 22.4. The van der Waals surface area contributed by atoms with Crippen LogP contribution in [0.3, 0.4) is 0 Å². The zero-order chi connectivity index (χ0) is 17.7. The zero-order valence-electron chi connectivity index (χ0n) is 13.0. The van der Waals surface area contributed by atoms with Gasteiger partial charge in [-0.1, -0.05) is 0 Å². The number of rotatable bonds is 6. The van der Waals surface area contributed by atoms with E-state index in [-0.39, 0.29) is 17.1 Å². The van der Waals surface area contributed by atoms with Crippen LogP contribution in [0.2, 0.25) is 0 Å². The van der Waals surface area contributed by atoms with E-state index in [2.05, 4.69) is 5.32 Å². The van der Waals surface area contributed by atoms with Gasteiger partial charge in [-0.05, 0) is 37.3 Å². The van der Waals surface area contributed by atoms with Crippen molar-refractivity contribution in [3.05, 3.63) is 58.4 Å². The predicted octanol–water partition coefficient (Wildman–Crippen LogP) is 3.15. The molecule has 1 atom stereocenters. The number of nitro benzene ring substituents is 1. The fourth-order valence-electron chi connectivity index (χ4n) is 1.90. The van der Waals surface area contributed by atoms with Crippen LogP contribution < -0.4 is 14.8 Å². The van der Waals surface area contributed by atoms with E-state index in [1.165, 1.54) is 56.5 Å². The molecule has 0 aliphatic heterocycles. The molecule has 0 heterocycles. The lowest BCUT2D eigenvalue weighted by Gasteiger charge is -2.16. The standard InChI is InChI=1S/C16H15FN2O5/c1-10(24-13-6-3-11(17)4-7-13)16(20)18-14-8-5-12(19(21)22)9-15(14)23-2/h3-10H,1-2H3,(H,18,20)/t10-/m0/s1. The van der Waals surface area contributed by atoms with Gasteiger partial charge in [0.25, 0.3) is 11.6 Å². The largest absolute Gasteiger partial charge is 0.494 e. The summed E-state index contributed by atoms with van der Waals surface area (Å²) in [5.41, 5.74) is 0.128. The second-order valence-corrected chi connectivity index (χ2v) is 4.84. The molecule has 0 unspecified atom stereocenters. The Morgan fingerprint density at radius 3 is 2.50 bits per heavy atom. The minimum Gasteiger partial charge on any atom is -0.494 e. The molecular weight excluding hydrogens is 319 g/mol. The summed E-state index contributed by atoms with van der Waals surface area (Å²) in [6.45, 7) is 1.52. The van der Waals surface area contributed by atoms with Crippen LogP contribution in [0, 0.1) is 15.9 Å². The average molecular weight is 334 g/mol. The highest BCUT2D eigenvalue weighted by Gasteiger charge is 2.18. The molecule has 2 aromatic carbocycles. The van der Waals surface area contributed by atoms with Crippen LogP contribution in [0.1, 0.15) is 6.92 Å². The quantitative estimate of drug-likeness (QED) is 0.647. The first kappa shape index (κ1) is 17.2. The van der Waals surface area contributed by atoms with Crippen molar-refractivity contribution in [3.63, 3.8) is 0 Å².